The Balaban J connectivity index is 2.63. The molecule has 0 spiro atoms. The number of amides is 2. The SMILES string of the molecule is CCCC(=O)NC(=S)NNC(=O)c1ccc(Cl)c([N+](=O)[O-])c1. The highest BCUT2D eigenvalue weighted by atomic mass is 35.5. The van der Waals surface area contributed by atoms with Gasteiger partial charge < -0.3 is 5.32 Å². The second kappa shape index (κ2) is 8.25. The number of nitrogens with one attached hydrogen (secondary N) is 3. The third-order valence-corrected chi connectivity index (χ3v) is 2.95. The number of benzene rings is 1. The molecule has 0 aliphatic carbocycles. The third-order valence-electron chi connectivity index (χ3n) is 2.42. The number of carbonyl (C=O) groups is 2. The molecule has 0 aromatic heterocycles. The zero-order valence-electron chi connectivity index (χ0n) is 11.5. The number of thiocarbonyl (C=S) groups is 1. The van der Waals surface area contributed by atoms with E-state index in [2.05, 4.69) is 16.2 Å². The first-order chi connectivity index (χ1) is 10.3. The molecule has 0 aliphatic rings. The predicted octanol–water partition coefficient (Wildman–Crippen LogP) is 1.68. The van der Waals surface area contributed by atoms with Crippen LogP contribution in [0.5, 0.6) is 0 Å². The average Bonchev–Trinajstić information content (AvgIpc) is 2.45. The Labute approximate surface area is 136 Å². The predicted molar refractivity (Wildman–Crippen MR) is 84.4 cm³/mol. The Kier molecular flexibility index (Phi) is 6.67. The van der Waals surface area contributed by atoms with Gasteiger partial charge in [-0.3, -0.25) is 30.6 Å². The quantitative estimate of drug-likeness (QED) is 0.435. The van der Waals surface area contributed by atoms with E-state index in [9.17, 15) is 19.7 Å². The van der Waals surface area contributed by atoms with Crippen LogP contribution in [0.1, 0.15) is 30.1 Å². The molecule has 0 atom stereocenters. The van der Waals surface area contributed by atoms with Gasteiger partial charge in [0.05, 0.1) is 4.92 Å². The molecule has 0 aliphatic heterocycles. The molecule has 0 saturated carbocycles. The number of nitro groups is 1. The summed E-state index contributed by atoms with van der Waals surface area (Å²) in [4.78, 5) is 33.2. The van der Waals surface area contributed by atoms with Gasteiger partial charge in [-0.05, 0) is 30.8 Å². The summed E-state index contributed by atoms with van der Waals surface area (Å²) in [6.45, 7) is 1.84. The molecule has 0 radical (unpaired) electrons. The molecule has 0 fully saturated rings. The van der Waals surface area contributed by atoms with Crippen LogP contribution in [0.15, 0.2) is 18.2 Å². The minimum atomic E-state index is -0.692. The fourth-order valence-corrected chi connectivity index (χ4v) is 1.78. The van der Waals surface area contributed by atoms with E-state index in [1.165, 1.54) is 12.1 Å². The van der Waals surface area contributed by atoms with Gasteiger partial charge in [0, 0.05) is 18.1 Å². The van der Waals surface area contributed by atoms with Crippen LogP contribution in [0.2, 0.25) is 5.02 Å². The summed E-state index contributed by atoms with van der Waals surface area (Å²) in [6.07, 6.45) is 0.967. The number of hydrazine groups is 1. The molecule has 10 heteroatoms. The Morgan fingerprint density at radius 3 is 2.64 bits per heavy atom. The molecule has 3 N–H and O–H groups in total. The van der Waals surface area contributed by atoms with Crippen LogP contribution in [-0.2, 0) is 4.79 Å². The summed E-state index contributed by atoms with van der Waals surface area (Å²) < 4.78 is 0. The van der Waals surface area contributed by atoms with Crippen LogP contribution >= 0.6 is 23.8 Å². The molecule has 0 heterocycles. The number of hydrogen-bond acceptors (Lipinski definition) is 5. The lowest BCUT2D eigenvalue weighted by Gasteiger charge is -2.10. The largest absolute Gasteiger partial charge is 0.302 e. The highest BCUT2D eigenvalue weighted by Gasteiger charge is 2.16. The van der Waals surface area contributed by atoms with E-state index in [0.29, 0.717) is 12.8 Å². The summed E-state index contributed by atoms with van der Waals surface area (Å²) in [6, 6.07) is 3.61. The number of halogens is 1. The highest BCUT2D eigenvalue weighted by molar-refractivity contribution is 7.80. The van der Waals surface area contributed by atoms with Crippen molar-refractivity contribution in [3.63, 3.8) is 0 Å². The topological polar surface area (TPSA) is 113 Å². The molecule has 22 heavy (non-hydrogen) atoms. The molecule has 1 aromatic carbocycles. The highest BCUT2D eigenvalue weighted by Crippen LogP contribution is 2.24. The van der Waals surface area contributed by atoms with Gasteiger partial charge in [-0.2, -0.15) is 0 Å². The van der Waals surface area contributed by atoms with Gasteiger partial charge in [-0.1, -0.05) is 18.5 Å². The lowest BCUT2D eigenvalue weighted by atomic mass is 10.2. The van der Waals surface area contributed by atoms with E-state index in [4.69, 9.17) is 23.8 Å². The molecular weight excluding hydrogens is 332 g/mol. The number of carbonyl (C=O) groups excluding carboxylic acids is 2. The first-order valence-corrected chi connectivity index (χ1v) is 6.98. The van der Waals surface area contributed by atoms with E-state index < -0.39 is 10.8 Å². The summed E-state index contributed by atoms with van der Waals surface area (Å²) in [5.74, 6) is -0.941. The van der Waals surface area contributed by atoms with Gasteiger partial charge in [0.2, 0.25) is 5.91 Å². The van der Waals surface area contributed by atoms with Crippen LogP contribution in [0.4, 0.5) is 5.69 Å². The Morgan fingerprint density at radius 2 is 2.05 bits per heavy atom. The Morgan fingerprint density at radius 1 is 1.36 bits per heavy atom. The maximum Gasteiger partial charge on any atom is 0.288 e. The van der Waals surface area contributed by atoms with Crippen LogP contribution in [0, 0.1) is 10.1 Å². The van der Waals surface area contributed by atoms with Crippen LogP contribution < -0.4 is 16.2 Å². The van der Waals surface area contributed by atoms with E-state index in [1.54, 1.807) is 0 Å². The smallest absolute Gasteiger partial charge is 0.288 e. The summed E-state index contributed by atoms with van der Waals surface area (Å²) in [5, 5.41) is 13.0. The lowest BCUT2D eigenvalue weighted by molar-refractivity contribution is -0.384. The molecule has 1 aromatic rings. The molecular formula is C12H13ClN4O4S. The zero-order valence-corrected chi connectivity index (χ0v) is 13.1. The normalized spacial score (nSPS) is 9.73. The van der Waals surface area contributed by atoms with Gasteiger partial charge in [0.25, 0.3) is 11.6 Å². The lowest BCUT2D eigenvalue weighted by Crippen LogP contribution is -2.48. The van der Waals surface area contributed by atoms with Crippen molar-refractivity contribution in [2.45, 2.75) is 19.8 Å². The minimum Gasteiger partial charge on any atom is -0.302 e. The molecule has 0 bridgehead atoms. The van der Waals surface area contributed by atoms with Gasteiger partial charge in [-0.15, -0.1) is 0 Å². The number of nitro benzene ring substituents is 1. The van der Waals surface area contributed by atoms with Crippen molar-refractivity contribution in [3.8, 4) is 0 Å². The van der Waals surface area contributed by atoms with E-state index in [-0.39, 0.29) is 27.3 Å². The zero-order chi connectivity index (χ0) is 16.7. The third kappa shape index (κ3) is 5.26. The standard InChI is InChI=1S/C12H13ClN4O4S/c1-2-3-10(18)14-12(22)16-15-11(19)7-4-5-8(13)9(6-7)17(20)21/h4-6H,2-3H2,1H3,(H,15,19)(H2,14,16,18,22). The van der Waals surface area contributed by atoms with Crippen LogP contribution in [0.3, 0.4) is 0 Å². The van der Waals surface area contributed by atoms with Gasteiger partial charge in [-0.25, -0.2) is 0 Å². The van der Waals surface area contributed by atoms with Crippen LogP contribution in [-0.4, -0.2) is 21.9 Å². The molecule has 2 amide bonds. The fraction of sp³-hybridized carbons (Fsp3) is 0.250. The Hall–Kier alpha value is -2.26. The average molecular weight is 345 g/mol. The van der Waals surface area contributed by atoms with Crippen molar-refractivity contribution < 1.29 is 14.5 Å². The van der Waals surface area contributed by atoms with E-state index >= 15 is 0 Å². The van der Waals surface area contributed by atoms with Crippen molar-refractivity contribution in [1.82, 2.24) is 16.2 Å². The molecule has 118 valence electrons. The number of rotatable bonds is 4. The van der Waals surface area contributed by atoms with E-state index in [0.717, 1.165) is 6.07 Å². The molecule has 1 rings (SSSR count). The summed E-state index contributed by atoms with van der Waals surface area (Å²) >= 11 is 10.5. The van der Waals surface area contributed by atoms with E-state index in [1.807, 2.05) is 6.92 Å². The Bertz CT molecular complexity index is 623. The van der Waals surface area contributed by atoms with Crippen molar-refractivity contribution in [2.24, 2.45) is 0 Å². The minimum absolute atomic E-state index is 0.0197. The maximum atomic E-state index is 11.8. The monoisotopic (exact) mass is 344 g/mol. The second-order valence-electron chi connectivity index (χ2n) is 4.13. The first-order valence-electron chi connectivity index (χ1n) is 6.19. The molecule has 0 saturated heterocycles. The van der Waals surface area contributed by atoms with Gasteiger partial charge in [0.15, 0.2) is 5.11 Å². The van der Waals surface area contributed by atoms with Crippen molar-refractivity contribution in [3.05, 3.63) is 38.9 Å². The van der Waals surface area contributed by atoms with Crippen molar-refractivity contribution in [1.29, 1.82) is 0 Å². The van der Waals surface area contributed by atoms with Crippen molar-refractivity contribution >= 4 is 46.4 Å². The number of hydrogen-bond donors (Lipinski definition) is 3. The van der Waals surface area contributed by atoms with Gasteiger partial charge >= 0.3 is 0 Å². The maximum absolute atomic E-state index is 11.8. The second-order valence-corrected chi connectivity index (χ2v) is 4.95. The van der Waals surface area contributed by atoms with Gasteiger partial charge in [0.1, 0.15) is 5.02 Å². The summed E-state index contributed by atoms with van der Waals surface area (Å²) in [5.41, 5.74) is 4.19. The fourth-order valence-electron chi connectivity index (χ4n) is 1.43. The first kappa shape index (κ1) is 17.8. The summed E-state index contributed by atoms with van der Waals surface area (Å²) in [7, 11) is 0. The van der Waals surface area contributed by atoms with Crippen molar-refractivity contribution in [2.75, 3.05) is 0 Å². The molecule has 8 nitrogen and oxygen atoms in total. The van der Waals surface area contributed by atoms with Crippen LogP contribution in [0.25, 0.3) is 0 Å². The molecule has 0 unspecified atom stereocenters. The number of nitrogens with zero attached hydrogens (tertiary/aromatic N) is 1.